The van der Waals surface area contributed by atoms with E-state index in [1.165, 1.54) is 0 Å². The number of para-hydroxylation sites is 2. The van der Waals surface area contributed by atoms with Gasteiger partial charge in [0.25, 0.3) is 0 Å². The lowest BCUT2D eigenvalue weighted by Crippen LogP contribution is -2.34. The highest BCUT2D eigenvalue weighted by Gasteiger charge is 2.08. The van der Waals surface area contributed by atoms with E-state index in [1.807, 2.05) is 24.3 Å². The van der Waals surface area contributed by atoms with Crippen LogP contribution < -0.4 is 14.8 Å². The molecule has 1 atom stereocenters. The van der Waals surface area contributed by atoms with Gasteiger partial charge in [0.1, 0.15) is 0 Å². The maximum absolute atomic E-state index is 9.28. The first-order chi connectivity index (χ1) is 9.81. The van der Waals surface area contributed by atoms with Crippen LogP contribution in [0.4, 0.5) is 0 Å². The van der Waals surface area contributed by atoms with Crippen molar-refractivity contribution >= 4 is 0 Å². The monoisotopic (exact) mass is 281 g/mol. The van der Waals surface area contributed by atoms with E-state index in [0.717, 1.165) is 37.3 Å². The van der Waals surface area contributed by atoms with Crippen molar-refractivity contribution < 1.29 is 14.6 Å². The summed E-state index contributed by atoms with van der Waals surface area (Å²) < 4.78 is 11.4. The summed E-state index contributed by atoms with van der Waals surface area (Å²) in [6.07, 6.45) is 2.81. The smallest absolute Gasteiger partial charge is 0.161 e. The first-order valence-corrected chi connectivity index (χ1v) is 7.50. The average molecular weight is 281 g/mol. The predicted molar refractivity (Wildman–Crippen MR) is 81.5 cm³/mol. The third-order valence-electron chi connectivity index (χ3n) is 2.94. The van der Waals surface area contributed by atoms with Gasteiger partial charge in [0, 0.05) is 6.04 Å². The quantitative estimate of drug-likeness (QED) is 0.654. The van der Waals surface area contributed by atoms with Crippen molar-refractivity contribution in [1.29, 1.82) is 0 Å². The van der Waals surface area contributed by atoms with Crippen LogP contribution in [0.25, 0.3) is 0 Å². The third-order valence-corrected chi connectivity index (χ3v) is 2.94. The second kappa shape index (κ2) is 10.5. The molecular formula is C16H27NO3. The average Bonchev–Trinajstić information content (AvgIpc) is 2.49. The summed E-state index contributed by atoms with van der Waals surface area (Å²) in [6.45, 7) is 6.50. The summed E-state index contributed by atoms with van der Waals surface area (Å²) in [5.41, 5.74) is 0. The minimum Gasteiger partial charge on any atom is -0.490 e. The summed E-state index contributed by atoms with van der Waals surface area (Å²) in [7, 11) is 0. The van der Waals surface area contributed by atoms with E-state index in [4.69, 9.17) is 9.47 Å². The summed E-state index contributed by atoms with van der Waals surface area (Å²) in [6, 6.07) is 7.81. The Morgan fingerprint density at radius 3 is 2.25 bits per heavy atom. The molecule has 114 valence electrons. The third kappa shape index (κ3) is 6.26. The van der Waals surface area contributed by atoms with Gasteiger partial charge in [-0.05, 0) is 37.9 Å². The van der Waals surface area contributed by atoms with Gasteiger partial charge in [-0.2, -0.15) is 0 Å². The fraction of sp³-hybridized carbons (Fsp3) is 0.625. The molecule has 0 saturated carbocycles. The molecule has 4 heteroatoms. The van der Waals surface area contributed by atoms with E-state index >= 15 is 0 Å². The topological polar surface area (TPSA) is 50.7 Å². The van der Waals surface area contributed by atoms with Gasteiger partial charge in [-0.3, -0.25) is 0 Å². The minimum absolute atomic E-state index is 0.0960. The van der Waals surface area contributed by atoms with Crippen molar-refractivity contribution in [3.63, 3.8) is 0 Å². The molecule has 0 aliphatic carbocycles. The molecule has 0 aliphatic rings. The van der Waals surface area contributed by atoms with Crippen LogP contribution in [0.3, 0.4) is 0 Å². The van der Waals surface area contributed by atoms with Gasteiger partial charge in [-0.25, -0.2) is 0 Å². The Morgan fingerprint density at radius 1 is 1.05 bits per heavy atom. The zero-order chi connectivity index (χ0) is 14.6. The molecule has 0 heterocycles. The van der Waals surface area contributed by atoms with Crippen LogP contribution in [0.1, 0.15) is 33.1 Å². The largest absolute Gasteiger partial charge is 0.490 e. The number of hydrogen-bond acceptors (Lipinski definition) is 4. The molecular weight excluding hydrogens is 254 g/mol. The fourth-order valence-electron chi connectivity index (χ4n) is 1.82. The maximum Gasteiger partial charge on any atom is 0.161 e. The SMILES string of the molecule is CCCNC(CO)CCOc1ccccc1OCCC. The zero-order valence-electron chi connectivity index (χ0n) is 12.6. The Bertz CT molecular complexity index is 357. The van der Waals surface area contributed by atoms with Crippen molar-refractivity contribution in [2.24, 2.45) is 0 Å². The van der Waals surface area contributed by atoms with Crippen LogP contribution >= 0.6 is 0 Å². The minimum atomic E-state index is 0.0960. The molecule has 0 bridgehead atoms. The maximum atomic E-state index is 9.28. The first-order valence-electron chi connectivity index (χ1n) is 7.50. The fourth-order valence-corrected chi connectivity index (χ4v) is 1.82. The molecule has 0 saturated heterocycles. The predicted octanol–water partition coefficient (Wildman–Crippen LogP) is 2.60. The molecule has 0 spiro atoms. The summed E-state index contributed by atoms with van der Waals surface area (Å²) in [5.74, 6) is 1.56. The summed E-state index contributed by atoms with van der Waals surface area (Å²) in [4.78, 5) is 0. The van der Waals surface area contributed by atoms with Gasteiger partial charge in [-0.15, -0.1) is 0 Å². The molecule has 0 aromatic heterocycles. The van der Waals surface area contributed by atoms with E-state index in [0.29, 0.717) is 13.2 Å². The number of hydrogen-bond donors (Lipinski definition) is 2. The molecule has 4 nitrogen and oxygen atoms in total. The Kier molecular flexibility index (Phi) is 8.83. The Labute approximate surface area is 122 Å². The van der Waals surface area contributed by atoms with Gasteiger partial charge in [0.15, 0.2) is 11.5 Å². The summed E-state index contributed by atoms with van der Waals surface area (Å²) in [5, 5.41) is 12.6. The molecule has 1 aromatic carbocycles. The lowest BCUT2D eigenvalue weighted by atomic mass is 10.2. The van der Waals surface area contributed by atoms with Crippen molar-refractivity contribution in [2.45, 2.75) is 39.2 Å². The number of ether oxygens (including phenoxy) is 2. The molecule has 0 amide bonds. The van der Waals surface area contributed by atoms with Crippen LogP contribution in [0.15, 0.2) is 24.3 Å². The van der Waals surface area contributed by atoms with Crippen molar-refractivity contribution in [2.75, 3.05) is 26.4 Å². The van der Waals surface area contributed by atoms with Crippen molar-refractivity contribution in [3.8, 4) is 11.5 Å². The molecule has 1 aromatic rings. The van der Waals surface area contributed by atoms with E-state index in [1.54, 1.807) is 0 Å². The lowest BCUT2D eigenvalue weighted by Gasteiger charge is -2.17. The van der Waals surface area contributed by atoms with E-state index < -0.39 is 0 Å². The molecule has 1 rings (SSSR count). The van der Waals surface area contributed by atoms with Gasteiger partial charge in [-0.1, -0.05) is 26.0 Å². The van der Waals surface area contributed by atoms with Crippen molar-refractivity contribution in [1.82, 2.24) is 5.32 Å². The second-order valence-electron chi connectivity index (χ2n) is 4.77. The van der Waals surface area contributed by atoms with Crippen LogP contribution in [0.2, 0.25) is 0 Å². The van der Waals surface area contributed by atoms with E-state index in [9.17, 15) is 5.11 Å². The van der Waals surface area contributed by atoms with Gasteiger partial charge in [0.05, 0.1) is 19.8 Å². The van der Waals surface area contributed by atoms with Crippen LogP contribution in [0.5, 0.6) is 11.5 Å². The molecule has 0 fully saturated rings. The molecule has 0 aliphatic heterocycles. The Morgan fingerprint density at radius 2 is 1.70 bits per heavy atom. The van der Waals surface area contributed by atoms with Crippen LogP contribution in [0, 0.1) is 0 Å². The highest BCUT2D eigenvalue weighted by Crippen LogP contribution is 2.26. The number of aliphatic hydroxyl groups excluding tert-OH is 1. The Hall–Kier alpha value is -1.26. The van der Waals surface area contributed by atoms with E-state index in [-0.39, 0.29) is 12.6 Å². The van der Waals surface area contributed by atoms with Gasteiger partial charge in [0.2, 0.25) is 0 Å². The molecule has 0 radical (unpaired) electrons. The highest BCUT2D eigenvalue weighted by molar-refractivity contribution is 5.39. The van der Waals surface area contributed by atoms with Crippen LogP contribution in [-0.2, 0) is 0 Å². The molecule has 2 N–H and O–H groups in total. The number of rotatable bonds is 11. The number of benzene rings is 1. The molecule has 20 heavy (non-hydrogen) atoms. The van der Waals surface area contributed by atoms with Gasteiger partial charge < -0.3 is 19.9 Å². The van der Waals surface area contributed by atoms with Crippen LogP contribution in [-0.4, -0.2) is 37.5 Å². The second-order valence-corrected chi connectivity index (χ2v) is 4.77. The normalized spacial score (nSPS) is 12.2. The number of nitrogens with one attached hydrogen (secondary N) is 1. The van der Waals surface area contributed by atoms with E-state index in [2.05, 4.69) is 19.2 Å². The number of aliphatic hydroxyl groups is 1. The summed E-state index contributed by atoms with van der Waals surface area (Å²) >= 11 is 0. The standard InChI is InChI=1S/C16H27NO3/c1-3-10-17-14(13-18)9-12-20-16-8-6-5-7-15(16)19-11-4-2/h5-8,14,17-18H,3-4,9-13H2,1-2H3. The first kappa shape index (κ1) is 16.8. The molecule has 1 unspecified atom stereocenters. The zero-order valence-corrected chi connectivity index (χ0v) is 12.6. The lowest BCUT2D eigenvalue weighted by molar-refractivity contribution is 0.204. The van der Waals surface area contributed by atoms with Gasteiger partial charge >= 0.3 is 0 Å². The van der Waals surface area contributed by atoms with Crippen molar-refractivity contribution in [3.05, 3.63) is 24.3 Å². The Balaban J connectivity index is 2.40. The highest BCUT2D eigenvalue weighted by atomic mass is 16.5.